The molecule has 0 saturated heterocycles. The van der Waals surface area contributed by atoms with Crippen molar-refractivity contribution in [3.63, 3.8) is 0 Å². The van der Waals surface area contributed by atoms with Crippen LogP contribution in [0.1, 0.15) is 81.6 Å². The van der Waals surface area contributed by atoms with Crippen LogP contribution in [0.25, 0.3) is 0 Å². The third-order valence-electron chi connectivity index (χ3n) is 4.46. The average molecular weight is 302 g/mol. The van der Waals surface area contributed by atoms with Crippen LogP contribution in [0.5, 0.6) is 5.75 Å². The first kappa shape index (κ1) is 17.1. The summed E-state index contributed by atoms with van der Waals surface area (Å²) in [6, 6.07) is 6.02. The van der Waals surface area contributed by atoms with E-state index in [1.165, 1.54) is 19.3 Å². The summed E-state index contributed by atoms with van der Waals surface area (Å²) in [5, 5.41) is 0. The van der Waals surface area contributed by atoms with Crippen LogP contribution in [-0.4, -0.2) is 12.4 Å². The molecule has 2 nitrogen and oxygen atoms in total. The second kappa shape index (κ2) is 7.80. The molecule has 2 rings (SSSR count). The highest BCUT2D eigenvalue weighted by atomic mass is 16.5. The molecule has 1 aromatic rings. The van der Waals surface area contributed by atoms with E-state index in [1.54, 1.807) is 0 Å². The van der Waals surface area contributed by atoms with Gasteiger partial charge in [-0.05, 0) is 48.4 Å². The zero-order chi connectivity index (χ0) is 16.1. The molecule has 0 N–H and O–H groups in total. The molecule has 1 aliphatic rings. The zero-order valence-corrected chi connectivity index (χ0v) is 14.5. The fraction of sp³-hybridized carbons (Fsp3) is 0.650. The summed E-state index contributed by atoms with van der Waals surface area (Å²) in [7, 11) is 0. The van der Waals surface area contributed by atoms with Crippen molar-refractivity contribution in [1.29, 1.82) is 0 Å². The number of benzene rings is 1. The molecule has 0 aliphatic heterocycles. The quantitative estimate of drug-likeness (QED) is 0.639. The van der Waals surface area contributed by atoms with E-state index >= 15 is 0 Å². The van der Waals surface area contributed by atoms with Crippen molar-refractivity contribution >= 4 is 5.78 Å². The monoisotopic (exact) mass is 302 g/mol. The highest BCUT2D eigenvalue weighted by Gasteiger charge is 2.23. The molecule has 0 spiro atoms. The van der Waals surface area contributed by atoms with Gasteiger partial charge in [-0.3, -0.25) is 4.79 Å². The minimum atomic E-state index is 0.233. The van der Waals surface area contributed by atoms with E-state index in [1.807, 2.05) is 12.1 Å². The number of hydrogen-bond acceptors (Lipinski definition) is 2. The molecule has 1 aliphatic carbocycles. The van der Waals surface area contributed by atoms with E-state index in [2.05, 4.69) is 33.8 Å². The molecule has 0 aromatic heterocycles. The first-order valence-electron chi connectivity index (χ1n) is 8.80. The largest absolute Gasteiger partial charge is 0.493 e. The number of Topliss-reactive ketones (excluding diaryl/α,β-unsaturated/α-hetero) is 1. The Morgan fingerprint density at radius 1 is 1.14 bits per heavy atom. The summed E-state index contributed by atoms with van der Waals surface area (Å²) >= 11 is 0. The number of hydrogen-bond donors (Lipinski definition) is 0. The SMILES string of the molecule is CC(C)COc1ccc(C(=O)C2CCCCC2)cc1C(C)C. The highest BCUT2D eigenvalue weighted by molar-refractivity contribution is 5.98. The van der Waals surface area contributed by atoms with E-state index in [0.717, 1.165) is 36.3 Å². The lowest BCUT2D eigenvalue weighted by molar-refractivity contribution is 0.0889. The summed E-state index contributed by atoms with van der Waals surface area (Å²) in [4.78, 5) is 12.7. The Morgan fingerprint density at radius 2 is 1.82 bits per heavy atom. The molecule has 0 bridgehead atoms. The van der Waals surface area contributed by atoms with Gasteiger partial charge in [-0.2, -0.15) is 0 Å². The number of ketones is 1. The molecule has 0 atom stereocenters. The van der Waals surface area contributed by atoms with Crippen molar-refractivity contribution < 1.29 is 9.53 Å². The van der Waals surface area contributed by atoms with Gasteiger partial charge in [-0.15, -0.1) is 0 Å². The third kappa shape index (κ3) is 4.34. The Balaban J connectivity index is 2.18. The third-order valence-corrected chi connectivity index (χ3v) is 4.46. The van der Waals surface area contributed by atoms with Gasteiger partial charge in [0.05, 0.1) is 6.61 Å². The Morgan fingerprint density at radius 3 is 2.41 bits per heavy atom. The predicted octanol–water partition coefficient (Wildman–Crippen LogP) is 5.61. The fourth-order valence-corrected chi connectivity index (χ4v) is 3.14. The molecule has 0 amide bonds. The van der Waals surface area contributed by atoms with Gasteiger partial charge in [-0.25, -0.2) is 0 Å². The predicted molar refractivity (Wildman–Crippen MR) is 91.8 cm³/mol. The summed E-state index contributed by atoms with van der Waals surface area (Å²) in [6.45, 7) is 9.33. The fourth-order valence-electron chi connectivity index (χ4n) is 3.14. The molecule has 1 saturated carbocycles. The van der Waals surface area contributed by atoms with Crippen LogP contribution in [0.2, 0.25) is 0 Å². The van der Waals surface area contributed by atoms with E-state index in [9.17, 15) is 4.79 Å². The molecule has 0 heterocycles. The standard InChI is InChI=1S/C20H30O2/c1-14(2)13-22-19-11-10-17(12-18(19)15(3)4)20(21)16-8-6-5-7-9-16/h10-12,14-16H,5-9,13H2,1-4H3. The Labute approximate surface area is 135 Å². The minimum Gasteiger partial charge on any atom is -0.493 e. The molecule has 1 fully saturated rings. The lowest BCUT2D eigenvalue weighted by Gasteiger charge is -2.21. The topological polar surface area (TPSA) is 26.3 Å². The summed E-state index contributed by atoms with van der Waals surface area (Å²) in [5.74, 6) is 2.36. The highest BCUT2D eigenvalue weighted by Crippen LogP contribution is 2.31. The second-order valence-corrected chi connectivity index (χ2v) is 7.31. The molecular formula is C20H30O2. The number of carbonyl (C=O) groups excluding carboxylic acids is 1. The van der Waals surface area contributed by atoms with Crippen molar-refractivity contribution in [2.45, 2.75) is 65.7 Å². The van der Waals surface area contributed by atoms with Crippen LogP contribution in [0.15, 0.2) is 18.2 Å². The normalized spacial score (nSPS) is 16.3. The van der Waals surface area contributed by atoms with Crippen LogP contribution in [0.4, 0.5) is 0 Å². The smallest absolute Gasteiger partial charge is 0.165 e. The van der Waals surface area contributed by atoms with Gasteiger partial charge in [0.15, 0.2) is 5.78 Å². The molecular weight excluding hydrogens is 272 g/mol. The van der Waals surface area contributed by atoms with Gasteiger partial charge in [0, 0.05) is 11.5 Å². The van der Waals surface area contributed by atoms with Crippen molar-refractivity contribution in [1.82, 2.24) is 0 Å². The first-order valence-corrected chi connectivity index (χ1v) is 8.80. The van der Waals surface area contributed by atoms with E-state index in [-0.39, 0.29) is 5.92 Å². The van der Waals surface area contributed by atoms with Gasteiger partial charge in [0.1, 0.15) is 5.75 Å². The minimum absolute atomic E-state index is 0.233. The molecule has 122 valence electrons. The maximum atomic E-state index is 12.7. The van der Waals surface area contributed by atoms with E-state index in [4.69, 9.17) is 4.74 Å². The number of rotatable bonds is 6. The van der Waals surface area contributed by atoms with Gasteiger partial charge >= 0.3 is 0 Å². The van der Waals surface area contributed by atoms with Crippen LogP contribution >= 0.6 is 0 Å². The van der Waals surface area contributed by atoms with E-state index in [0.29, 0.717) is 17.6 Å². The molecule has 0 unspecified atom stereocenters. The van der Waals surface area contributed by atoms with Crippen LogP contribution < -0.4 is 4.74 Å². The van der Waals surface area contributed by atoms with E-state index < -0.39 is 0 Å². The van der Waals surface area contributed by atoms with Gasteiger partial charge < -0.3 is 4.74 Å². The molecule has 2 heteroatoms. The zero-order valence-electron chi connectivity index (χ0n) is 14.5. The summed E-state index contributed by atoms with van der Waals surface area (Å²) < 4.78 is 5.93. The number of carbonyl (C=O) groups is 1. The maximum Gasteiger partial charge on any atom is 0.165 e. The summed E-state index contributed by atoms with van der Waals surface area (Å²) in [6.07, 6.45) is 5.79. The Kier molecular flexibility index (Phi) is 6.05. The van der Waals surface area contributed by atoms with Gasteiger partial charge in [0.2, 0.25) is 0 Å². The maximum absolute atomic E-state index is 12.7. The van der Waals surface area contributed by atoms with Crippen molar-refractivity contribution in [2.75, 3.05) is 6.61 Å². The Hall–Kier alpha value is -1.31. The van der Waals surface area contributed by atoms with Crippen LogP contribution in [0.3, 0.4) is 0 Å². The number of ether oxygens (including phenoxy) is 1. The lowest BCUT2D eigenvalue weighted by atomic mass is 9.83. The van der Waals surface area contributed by atoms with Crippen molar-refractivity contribution in [3.05, 3.63) is 29.3 Å². The molecule has 22 heavy (non-hydrogen) atoms. The molecule has 0 radical (unpaired) electrons. The molecule has 1 aromatic carbocycles. The van der Waals surface area contributed by atoms with Gasteiger partial charge in [0.25, 0.3) is 0 Å². The second-order valence-electron chi connectivity index (χ2n) is 7.31. The average Bonchev–Trinajstić information content (AvgIpc) is 2.52. The Bertz CT molecular complexity index is 496. The van der Waals surface area contributed by atoms with Crippen molar-refractivity contribution in [3.8, 4) is 5.75 Å². The lowest BCUT2D eigenvalue weighted by Crippen LogP contribution is -2.18. The van der Waals surface area contributed by atoms with Crippen LogP contribution in [0, 0.1) is 11.8 Å². The van der Waals surface area contributed by atoms with Gasteiger partial charge in [-0.1, -0.05) is 47.0 Å². The first-order chi connectivity index (χ1) is 10.5. The van der Waals surface area contributed by atoms with Crippen LogP contribution in [-0.2, 0) is 0 Å². The van der Waals surface area contributed by atoms with Crippen molar-refractivity contribution in [2.24, 2.45) is 11.8 Å². The summed E-state index contributed by atoms with van der Waals surface area (Å²) in [5.41, 5.74) is 2.02.